The van der Waals surface area contributed by atoms with Crippen molar-refractivity contribution in [1.29, 1.82) is 0 Å². The van der Waals surface area contributed by atoms with E-state index in [0.29, 0.717) is 31.0 Å². The first-order chi connectivity index (χ1) is 15.5. The standard InChI is InChI=1S/C23H26N4O4S/c28-21(24-12-9-17-5-2-1-3-6-17)20-16-32-23(25-20)10-13-26(14-11-23)22(29)18-7-4-8-19(15-18)27(30)31/h1-8,15,20,25H,9-14,16H2,(H,24,28). The molecule has 0 aromatic heterocycles. The Balaban J connectivity index is 1.26. The van der Waals surface area contributed by atoms with Crippen LogP contribution in [0.15, 0.2) is 54.6 Å². The number of thioether (sulfide) groups is 1. The van der Waals surface area contributed by atoms with Gasteiger partial charge in [0.05, 0.1) is 15.8 Å². The van der Waals surface area contributed by atoms with Crippen molar-refractivity contribution in [2.75, 3.05) is 25.4 Å². The van der Waals surface area contributed by atoms with E-state index >= 15 is 0 Å². The van der Waals surface area contributed by atoms with Crippen molar-refractivity contribution < 1.29 is 14.5 Å². The molecule has 2 aliphatic heterocycles. The third-order valence-corrected chi connectivity index (χ3v) is 7.58. The number of hydrogen-bond acceptors (Lipinski definition) is 6. The molecule has 2 aromatic rings. The number of amides is 2. The highest BCUT2D eigenvalue weighted by atomic mass is 32.2. The van der Waals surface area contributed by atoms with E-state index in [1.807, 2.05) is 30.3 Å². The molecule has 0 saturated carbocycles. The number of benzene rings is 2. The number of likely N-dealkylation sites (tertiary alicyclic amines) is 1. The number of rotatable bonds is 6. The summed E-state index contributed by atoms with van der Waals surface area (Å²) in [4.78, 5) is 37.4. The molecule has 9 heteroatoms. The molecule has 168 valence electrons. The van der Waals surface area contributed by atoms with Gasteiger partial charge in [-0.3, -0.25) is 25.0 Å². The molecule has 0 aliphatic carbocycles. The molecule has 0 bridgehead atoms. The van der Waals surface area contributed by atoms with E-state index in [9.17, 15) is 19.7 Å². The Bertz CT molecular complexity index is 993. The van der Waals surface area contributed by atoms with Crippen LogP contribution in [-0.4, -0.2) is 57.9 Å². The van der Waals surface area contributed by atoms with Gasteiger partial charge in [0.15, 0.2) is 0 Å². The van der Waals surface area contributed by atoms with Crippen LogP contribution in [0, 0.1) is 10.1 Å². The summed E-state index contributed by atoms with van der Waals surface area (Å²) in [5.41, 5.74) is 1.44. The van der Waals surface area contributed by atoms with E-state index in [-0.39, 0.29) is 28.4 Å². The number of carbonyl (C=O) groups is 2. The lowest BCUT2D eigenvalue weighted by Gasteiger charge is -2.39. The maximum absolute atomic E-state index is 12.8. The summed E-state index contributed by atoms with van der Waals surface area (Å²) in [6.07, 6.45) is 2.25. The largest absolute Gasteiger partial charge is 0.354 e. The van der Waals surface area contributed by atoms with Gasteiger partial charge >= 0.3 is 0 Å². The van der Waals surface area contributed by atoms with Gasteiger partial charge < -0.3 is 10.2 Å². The van der Waals surface area contributed by atoms with Crippen molar-refractivity contribution in [2.45, 2.75) is 30.2 Å². The number of carbonyl (C=O) groups excluding carboxylic acids is 2. The van der Waals surface area contributed by atoms with Gasteiger partial charge in [-0.15, -0.1) is 11.8 Å². The quantitative estimate of drug-likeness (QED) is 0.514. The van der Waals surface area contributed by atoms with Crippen LogP contribution >= 0.6 is 11.8 Å². The average Bonchev–Trinajstić information content (AvgIpc) is 3.23. The van der Waals surface area contributed by atoms with E-state index < -0.39 is 4.92 Å². The maximum Gasteiger partial charge on any atom is 0.270 e. The Morgan fingerprint density at radius 2 is 1.91 bits per heavy atom. The number of nitro benzene ring substituents is 1. The summed E-state index contributed by atoms with van der Waals surface area (Å²) in [6, 6.07) is 15.7. The maximum atomic E-state index is 12.8. The molecule has 2 fully saturated rings. The predicted octanol–water partition coefficient (Wildman–Crippen LogP) is 2.59. The lowest BCUT2D eigenvalue weighted by Crippen LogP contribution is -2.54. The number of nitro groups is 1. The normalized spacial score (nSPS) is 19.6. The fourth-order valence-corrected chi connectivity index (χ4v) is 5.59. The molecule has 8 nitrogen and oxygen atoms in total. The molecule has 1 unspecified atom stereocenters. The minimum Gasteiger partial charge on any atom is -0.354 e. The van der Waals surface area contributed by atoms with Crippen LogP contribution in [0.5, 0.6) is 0 Å². The van der Waals surface area contributed by atoms with Crippen LogP contribution in [0.3, 0.4) is 0 Å². The predicted molar refractivity (Wildman–Crippen MR) is 124 cm³/mol. The highest BCUT2D eigenvalue weighted by Crippen LogP contribution is 2.39. The molecular formula is C23H26N4O4S. The van der Waals surface area contributed by atoms with E-state index in [0.717, 1.165) is 19.3 Å². The van der Waals surface area contributed by atoms with Crippen molar-refractivity contribution in [3.05, 3.63) is 75.8 Å². The van der Waals surface area contributed by atoms with Gasteiger partial charge in [0.2, 0.25) is 5.91 Å². The lowest BCUT2D eigenvalue weighted by atomic mass is 10.0. The molecule has 2 aliphatic rings. The molecule has 32 heavy (non-hydrogen) atoms. The van der Waals surface area contributed by atoms with Gasteiger partial charge in [0.1, 0.15) is 0 Å². The summed E-state index contributed by atoms with van der Waals surface area (Å²) in [5, 5.41) is 17.5. The van der Waals surface area contributed by atoms with Crippen molar-refractivity contribution in [2.24, 2.45) is 0 Å². The average molecular weight is 455 g/mol. The zero-order chi connectivity index (χ0) is 22.6. The van der Waals surface area contributed by atoms with E-state index in [1.165, 1.54) is 23.8 Å². The van der Waals surface area contributed by atoms with E-state index in [2.05, 4.69) is 10.6 Å². The van der Waals surface area contributed by atoms with Crippen LogP contribution in [0.2, 0.25) is 0 Å². The molecule has 1 spiro atoms. The third-order valence-electron chi connectivity index (χ3n) is 6.00. The number of piperidine rings is 1. The van der Waals surface area contributed by atoms with Gasteiger partial charge in [0, 0.05) is 43.1 Å². The molecule has 4 rings (SSSR count). The number of hydrogen-bond donors (Lipinski definition) is 2. The minimum absolute atomic E-state index is 0.0143. The zero-order valence-corrected chi connectivity index (χ0v) is 18.5. The Morgan fingerprint density at radius 1 is 1.16 bits per heavy atom. The second-order valence-electron chi connectivity index (χ2n) is 8.13. The van der Waals surface area contributed by atoms with Gasteiger partial charge in [-0.1, -0.05) is 36.4 Å². The summed E-state index contributed by atoms with van der Waals surface area (Å²) in [5.74, 6) is 0.526. The Labute approximate surface area is 190 Å². The summed E-state index contributed by atoms with van der Waals surface area (Å²) in [7, 11) is 0. The van der Waals surface area contributed by atoms with Crippen LogP contribution in [0.25, 0.3) is 0 Å². The summed E-state index contributed by atoms with van der Waals surface area (Å²) in [6.45, 7) is 1.69. The Kier molecular flexibility index (Phi) is 6.76. The molecule has 2 amide bonds. The van der Waals surface area contributed by atoms with Gasteiger partial charge in [-0.25, -0.2) is 0 Å². The molecule has 2 saturated heterocycles. The first-order valence-corrected chi connectivity index (χ1v) is 11.7. The highest BCUT2D eigenvalue weighted by molar-refractivity contribution is 8.01. The Hall–Kier alpha value is -2.91. The molecule has 2 N–H and O–H groups in total. The first-order valence-electron chi connectivity index (χ1n) is 10.7. The van der Waals surface area contributed by atoms with Gasteiger partial charge in [-0.2, -0.15) is 0 Å². The molecule has 0 radical (unpaired) electrons. The van der Waals surface area contributed by atoms with Crippen molar-refractivity contribution in [1.82, 2.24) is 15.5 Å². The van der Waals surface area contributed by atoms with Crippen LogP contribution in [0.4, 0.5) is 5.69 Å². The summed E-state index contributed by atoms with van der Waals surface area (Å²) < 4.78 is 0. The van der Waals surface area contributed by atoms with Crippen LogP contribution in [-0.2, 0) is 11.2 Å². The third kappa shape index (κ3) is 5.11. The fourth-order valence-electron chi connectivity index (χ4n) is 4.18. The highest BCUT2D eigenvalue weighted by Gasteiger charge is 2.44. The second-order valence-corrected chi connectivity index (χ2v) is 9.53. The SMILES string of the molecule is O=C(NCCc1ccccc1)C1CSC2(CCN(C(=O)c3cccc([N+](=O)[O-])c3)CC2)N1. The second kappa shape index (κ2) is 9.70. The number of non-ortho nitro benzene ring substituents is 1. The minimum atomic E-state index is -0.494. The summed E-state index contributed by atoms with van der Waals surface area (Å²) >= 11 is 1.75. The zero-order valence-electron chi connectivity index (χ0n) is 17.7. The Morgan fingerprint density at radius 3 is 2.62 bits per heavy atom. The van der Waals surface area contributed by atoms with Crippen LogP contribution in [0.1, 0.15) is 28.8 Å². The monoisotopic (exact) mass is 454 g/mol. The fraction of sp³-hybridized carbons (Fsp3) is 0.391. The lowest BCUT2D eigenvalue weighted by molar-refractivity contribution is -0.384. The topological polar surface area (TPSA) is 105 Å². The van der Waals surface area contributed by atoms with Crippen molar-refractivity contribution in [3.63, 3.8) is 0 Å². The van der Waals surface area contributed by atoms with Crippen molar-refractivity contribution in [3.8, 4) is 0 Å². The van der Waals surface area contributed by atoms with Gasteiger partial charge in [0.25, 0.3) is 11.6 Å². The first kappa shape index (κ1) is 22.3. The smallest absolute Gasteiger partial charge is 0.270 e. The van der Waals surface area contributed by atoms with E-state index in [4.69, 9.17) is 0 Å². The number of nitrogens with zero attached hydrogens (tertiary/aromatic N) is 2. The molecular weight excluding hydrogens is 428 g/mol. The number of nitrogens with one attached hydrogen (secondary N) is 2. The van der Waals surface area contributed by atoms with Crippen molar-refractivity contribution >= 4 is 29.3 Å². The van der Waals surface area contributed by atoms with E-state index in [1.54, 1.807) is 22.7 Å². The van der Waals surface area contributed by atoms with Crippen LogP contribution < -0.4 is 10.6 Å². The molecule has 2 aromatic carbocycles. The molecule has 1 atom stereocenters. The van der Waals surface area contributed by atoms with Gasteiger partial charge in [-0.05, 0) is 30.9 Å². The molecule has 2 heterocycles.